The fourth-order valence-corrected chi connectivity index (χ4v) is 1.39. The first-order valence-corrected chi connectivity index (χ1v) is 5.35. The molecular weight excluding hydrogens is 238 g/mol. The van der Waals surface area contributed by atoms with Crippen molar-refractivity contribution in [2.24, 2.45) is 0 Å². The summed E-state index contributed by atoms with van der Waals surface area (Å²) in [7, 11) is 0. The summed E-state index contributed by atoms with van der Waals surface area (Å²) in [5.41, 5.74) is 0.344. The molecule has 0 aliphatic rings. The van der Waals surface area contributed by atoms with Crippen molar-refractivity contribution in [3.63, 3.8) is 0 Å². The number of nitrogens with zero attached hydrogens (tertiary/aromatic N) is 1. The summed E-state index contributed by atoms with van der Waals surface area (Å²) in [5.74, 6) is -1.21. The Bertz CT molecular complexity index is 476. The van der Waals surface area contributed by atoms with Crippen LogP contribution in [0.25, 0.3) is 0 Å². The third-order valence-electron chi connectivity index (χ3n) is 2.37. The minimum atomic E-state index is -1.18. The van der Waals surface area contributed by atoms with Crippen LogP contribution in [0.5, 0.6) is 5.75 Å². The summed E-state index contributed by atoms with van der Waals surface area (Å²) < 4.78 is 4.89. The molecule has 0 aromatic heterocycles. The Hall–Kier alpha value is -2.11. The van der Waals surface area contributed by atoms with E-state index in [1.54, 1.807) is 6.07 Å². The van der Waals surface area contributed by atoms with Crippen LogP contribution in [0.2, 0.25) is 0 Å². The molecule has 1 aromatic carbocycles. The molecular formula is C12H15NO5. The molecule has 6 nitrogen and oxygen atoms in total. The van der Waals surface area contributed by atoms with Crippen molar-refractivity contribution in [2.45, 2.75) is 26.2 Å². The third kappa shape index (κ3) is 3.44. The van der Waals surface area contributed by atoms with E-state index in [4.69, 9.17) is 9.84 Å². The zero-order valence-corrected chi connectivity index (χ0v) is 10.5. The number of benzene rings is 1. The molecule has 1 aromatic rings. The predicted octanol–water partition coefficient (Wildman–Crippen LogP) is 2.36. The maximum Gasteiger partial charge on any atom is 0.341 e. The van der Waals surface area contributed by atoms with Gasteiger partial charge in [0, 0.05) is 6.07 Å². The Labute approximate surface area is 104 Å². The van der Waals surface area contributed by atoms with Gasteiger partial charge < -0.3 is 9.84 Å². The lowest BCUT2D eigenvalue weighted by molar-refractivity contribution is -0.385. The van der Waals surface area contributed by atoms with Crippen molar-refractivity contribution in [3.8, 4) is 5.75 Å². The van der Waals surface area contributed by atoms with Gasteiger partial charge in [-0.15, -0.1) is 0 Å². The number of hydrogen-bond acceptors (Lipinski definition) is 4. The van der Waals surface area contributed by atoms with Crippen LogP contribution < -0.4 is 4.74 Å². The lowest BCUT2D eigenvalue weighted by Gasteiger charge is -2.19. The van der Waals surface area contributed by atoms with Gasteiger partial charge in [0.1, 0.15) is 0 Å². The van der Waals surface area contributed by atoms with E-state index in [1.165, 1.54) is 12.1 Å². The molecule has 0 spiro atoms. The normalized spacial score (nSPS) is 11.1. The molecule has 0 atom stereocenters. The van der Waals surface area contributed by atoms with E-state index in [-0.39, 0.29) is 16.9 Å². The summed E-state index contributed by atoms with van der Waals surface area (Å²) in [6.07, 6.45) is 0. The van der Waals surface area contributed by atoms with E-state index in [0.717, 1.165) is 5.56 Å². The first-order chi connectivity index (χ1) is 8.21. The van der Waals surface area contributed by atoms with Gasteiger partial charge in [-0.25, -0.2) is 4.79 Å². The average molecular weight is 253 g/mol. The Balaban J connectivity index is 3.13. The summed E-state index contributed by atoms with van der Waals surface area (Å²) in [6.45, 7) is 5.20. The van der Waals surface area contributed by atoms with E-state index < -0.39 is 17.5 Å². The Kier molecular flexibility index (Phi) is 3.90. The maximum atomic E-state index is 10.9. The number of aliphatic carboxylic acids is 1. The number of hydrogen-bond donors (Lipinski definition) is 1. The van der Waals surface area contributed by atoms with Crippen molar-refractivity contribution in [3.05, 3.63) is 33.9 Å². The van der Waals surface area contributed by atoms with Gasteiger partial charge in [0.25, 0.3) is 0 Å². The third-order valence-corrected chi connectivity index (χ3v) is 2.37. The molecule has 0 unspecified atom stereocenters. The highest BCUT2D eigenvalue weighted by molar-refractivity contribution is 5.68. The molecule has 0 amide bonds. The van der Waals surface area contributed by atoms with Gasteiger partial charge in [0.05, 0.1) is 4.92 Å². The number of carboxylic acid groups (broad SMARTS) is 1. The van der Waals surface area contributed by atoms with Gasteiger partial charge in [0.15, 0.2) is 12.4 Å². The molecule has 98 valence electrons. The van der Waals surface area contributed by atoms with Crippen molar-refractivity contribution in [2.75, 3.05) is 6.61 Å². The first-order valence-electron chi connectivity index (χ1n) is 5.35. The molecule has 1 rings (SSSR count). The van der Waals surface area contributed by atoms with Crippen molar-refractivity contribution in [1.29, 1.82) is 0 Å². The second-order valence-corrected chi connectivity index (χ2v) is 4.87. The zero-order chi connectivity index (χ0) is 13.9. The molecule has 0 heterocycles. The number of nitro groups is 1. The predicted molar refractivity (Wildman–Crippen MR) is 64.9 cm³/mol. The van der Waals surface area contributed by atoms with Crippen LogP contribution in [0.3, 0.4) is 0 Å². The minimum Gasteiger partial charge on any atom is -0.479 e. The molecule has 1 N–H and O–H groups in total. The summed E-state index contributed by atoms with van der Waals surface area (Å²) in [6, 6.07) is 4.54. The van der Waals surface area contributed by atoms with E-state index in [2.05, 4.69) is 0 Å². The average Bonchev–Trinajstić information content (AvgIpc) is 2.24. The Morgan fingerprint density at radius 3 is 2.50 bits per heavy atom. The Morgan fingerprint density at radius 2 is 2.06 bits per heavy atom. The van der Waals surface area contributed by atoms with E-state index in [1.807, 2.05) is 20.8 Å². The van der Waals surface area contributed by atoms with Gasteiger partial charge in [-0.2, -0.15) is 0 Å². The molecule has 18 heavy (non-hydrogen) atoms. The monoisotopic (exact) mass is 253 g/mol. The van der Waals surface area contributed by atoms with E-state index >= 15 is 0 Å². The second kappa shape index (κ2) is 5.03. The fraction of sp³-hybridized carbons (Fsp3) is 0.417. The molecule has 0 saturated carbocycles. The molecule has 0 bridgehead atoms. The van der Waals surface area contributed by atoms with Crippen LogP contribution in [0, 0.1) is 10.1 Å². The molecule has 0 aliphatic heterocycles. The van der Waals surface area contributed by atoms with Crippen molar-refractivity contribution < 1.29 is 19.6 Å². The molecule has 0 saturated heterocycles. The summed E-state index contributed by atoms with van der Waals surface area (Å²) in [5, 5.41) is 19.4. The number of carbonyl (C=O) groups is 1. The smallest absolute Gasteiger partial charge is 0.341 e. The van der Waals surface area contributed by atoms with Gasteiger partial charge >= 0.3 is 11.7 Å². The van der Waals surface area contributed by atoms with Crippen LogP contribution >= 0.6 is 0 Å². The minimum absolute atomic E-state index is 0.0320. The standard InChI is InChI=1S/C12H15NO5/c1-12(2,3)8-4-5-10(18-7-11(14)15)9(6-8)13(16)17/h4-6H,7H2,1-3H3,(H,14,15). The highest BCUT2D eigenvalue weighted by Gasteiger charge is 2.22. The first kappa shape index (κ1) is 14.0. The van der Waals surface area contributed by atoms with Crippen molar-refractivity contribution >= 4 is 11.7 Å². The number of ether oxygens (including phenoxy) is 1. The van der Waals surface area contributed by atoms with Gasteiger partial charge in [-0.05, 0) is 17.0 Å². The summed E-state index contributed by atoms with van der Waals surface area (Å²) in [4.78, 5) is 20.7. The SMILES string of the molecule is CC(C)(C)c1ccc(OCC(=O)O)c([N+](=O)[O-])c1. The molecule has 0 fully saturated rings. The van der Waals surface area contributed by atoms with Gasteiger partial charge in [-0.1, -0.05) is 26.8 Å². The van der Waals surface area contributed by atoms with Crippen LogP contribution in [0.15, 0.2) is 18.2 Å². The highest BCUT2D eigenvalue weighted by atomic mass is 16.6. The molecule has 0 radical (unpaired) electrons. The van der Waals surface area contributed by atoms with Crippen LogP contribution in [0.1, 0.15) is 26.3 Å². The topological polar surface area (TPSA) is 89.7 Å². The fourth-order valence-electron chi connectivity index (χ4n) is 1.39. The van der Waals surface area contributed by atoms with Crippen LogP contribution in [-0.2, 0) is 10.2 Å². The second-order valence-electron chi connectivity index (χ2n) is 4.87. The quantitative estimate of drug-likeness (QED) is 0.657. The number of carboxylic acids is 1. The lowest BCUT2D eigenvalue weighted by Crippen LogP contribution is -2.13. The van der Waals surface area contributed by atoms with E-state index in [0.29, 0.717) is 0 Å². The van der Waals surface area contributed by atoms with Crippen LogP contribution in [0.4, 0.5) is 5.69 Å². The number of rotatable bonds is 4. The van der Waals surface area contributed by atoms with Crippen molar-refractivity contribution in [1.82, 2.24) is 0 Å². The number of nitro benzene ring substituents is 1. The largest absolute Gasteiger partial charge is 0.479 e. The van der Waals surface area contributed by atoms with Crippen LogP contribution in [-0.4, -0.2) is 22.6 Å². The molecule has 0 aliphatic carbocycles. The Morgan fingerprint density at radius 1 is 1.44 bits per heavy atom. The lowest BCUT2D eigenvalue weighted by atomic mass is 9.87. The van der Waals surface area contributed by atoms with E-state index in [9.17, 15) is 14.9 Å². The summed E-state index contributed by atoms with van der Waals surface area (Å²) >= 11 is 0. The zero-order valence-electron chi connectivity index (χ0n) is 10.5. The highest BCUT2D eigenvalue weighted by Crippen LogP contribution is 2.32. The molecule has 6 heteroatoms. The maximum absolute atomic E-state index is 10.9. The van der Waals surface area contributed by atoms with Gasteiger partial charge in [-0.3, -0.25) is 10.1 Å². The van der Waals surface area contributed by atoms with Gasteiger partial charge in [0.2, 0.25) is 0 Å².